The van der Waals surface area contributed by atoms with Crippen LogP contribution in [-0.4, -0.2) is 5.78 Å². The Labute approximate surface area is 105 Å². The van der Waals surface area contributed by atoms with Gasteiger partial charge >= 0.3 is 0 Å². The first-order chi connectivity index (χ1) is 7.79. The first kappa shape index (κ1) is 11.6. The normalized spacial score (nSPS) is 20.1. The molecule has 1 atom stereocenters. The third kappa shape index (κ3) is 2.82. The second kappa shape index (κ2) is 5.44. The number of hydrogen-bond donors (Lipinski definition) is 0. The largest absolute Gasteiger partial charge is 0.299 e. The van der Waals surface area contributed by atoms with E-state index in [4.69, 9.17) is 0 Å². The maximum atomic E-state index is 11.7. The van der Waals surface area contributed by atoms with E-state index >= 15 is 0 Å². The van der Waals surface area contributed by atoms with E-state index in [-0.39, 0.29) is 5.92 Å². The van der Waals surface area contributed by atoms with Crippen molar-refractivity contribution < 1.29 is 4.79 Å². The van der Waals surface area contributed by atoms with Gasteiger partial charge in [-0.1, -0.05) is 52.3 Å². The van der Waals surface area contributed by atoms with Crippen LogP contribution in [-0.2, 0) is 16.5 Å². The molecule has 2 rings (SSSR count). The lowest BCUT2D eigenvalue weighted by molar-refractivity contribution is -0.122. The van der Waals surface area contributed by atoms with Gasteiger partial charge in [-0.05, 0) is 24.0 Å². The number of hydrogen-bond acceptors (Lipinski definition) is 1. The van der Waals surface area contributed by atoms with Crippen LogP contribution in [0.1, 0.15) is 24.0 Å². The Hall–Kier alpha value is -0.890. The molecular weight excluding hydrogens is 264 g/mol. The number of alkyl halides is 1. The van der Waals surface area contributed by atoms with Gasteiger partial charge in [0.1, 0.15) is 5.78 Å². The number of carbonyl (C=O) groups excluding carboxylic acids is 1. The zero-order chi connectivity index (χ0) is 11.4. The Morgan fingerprint density at radius 3 is 2.44 bits per heavy atom. The van der Waals surface area contributed by atoms with E-state index in [9.17, 15) is 4.79 Å². The third-order valence-corrected chi connectivity index (χ3v) is 3.67. The van der Waals surface area contributed by atoms with Crippen molar-refractivity contribution in [2.24, 2.45) is 5.92 Å². The van der Waals surface area contributed by atoms with E-state index in [1.54, 1.807) is 0 Å². The minimum Gasteiger partial charge on any atom is -0.299 e. The maximum absolute atomic E-state index is 11.7. The molecule has 0 N–H and O–H groups in total. The zero-order valence-electron chi connectivity index (χ0n) is 9.16. The number of rotatable bonds is 3. The molecule has 0 saturated carbocycles. The van der Waals surface area contributed by atoms with Crippen molar-refractivity contribution >= 4 is 21.7 Å². The summed E-state index contributed by atoms with van der Waals surface area (Å²) in [6.07, 6.45) is 6.50. The van der Waals surface area contributed by atoms with Crippen LogP contribution in [0.5, 0.6) is 0 Å². The van der Waals surface area contributed by atoms with Crippen molar-refractivity contribution in [3.05, 3.63) is 47.5 Å². The summed E-state index contributed by atoms with van der Waals surface area (Å²) in [6.45, 7) is 0. The lowest BCUT2D eigenvalue weighted by Crippen LogP contribution is -2.18. The van der Waals surface area contributed by atoms with E-state index in [1.165, 1.54) is 11.1 Å². The summed E-state index contributed by atoms with van der Waals surface area (Å²) in [5.41, 5.74) is 2.54. The van der Waals surface area contributed by atoms with Gasteiger partial charge in [-0.15, -0.1) is 0 Å². The highest BCUT2D eigenvalue weighted by Gasteiger charge is 2.18. The molecule has 84 valence electrons. The van der Waals surface area contributed by atoms with Gasteiger partial charge in [0, 0.05) is 17.7 Å². The molecule has 0 amide bonds. The van der Waals surface area contributed by atoms with Crippen molar-refractivity contribution in [1.29, 1.82) is 0 Å². The van der Waals surface area contributed by atoms with Gasteiger partial charge < -0.3 is 0 Å². The smallest absolute Gasteiger partial charge is 0.140 e. The first-order valence-corrected chi connectivity index (χ1v) is 6.73. The fraction of sp³-hybridized carbons (Fsp3) is 0.357. The van der Waals surface area contributed by atoms with Crippen molar-refractivity contribution in [1.82, 2.24) is 0 Å². The Bertz CT molecular complexity index is 392. The number of allylic oxidation sites excluding steroid dienone is 2. The molecule has 1 unspecified atom stereocenters. The van der Waals surface area contributed by atoms with Crippen LogP contribution in [0.3, 0.4) is 0 Å². The molecular formula is C14H15BrO. The van der Waals surface area contributed by atoms with Gasteiger partial charge in [0.15, 0.2) is 0 Å². The fourth-order valence-corrected chi connectivity index (χ4v) is 2.38. The molecule has 0 bridgehead atoms. The van der Waals surface area contributed by atoms with E-state index < -0.39 is 0 Å². The molecule has 0 saturated heterocycles. The summed E-state index contributed by atoms with van der Waals surface area (Å²) in [5, 5.41) is 0.887. The first-order valence-electron chi connectivity index (χ1n) is 5.61. The highest BCUT2D eigenvalue weighted by molar-refractivity contribution is 9.08. The Kier molecular flexibility index (Phi) is 3.94. The summed E-state index contributed by atoms with van der Waals surface area (Å²) in [5.74, 6) is 0.576. The molecule has 0 heterocycles. The summed E-state index contributed by atoms with van der Waals surface area (Å²) in [6, 6.07) is 8.49. The molecule has 0 aliphatic heterocycles. The predicted octanol–water partition coefficient (Wildman–Crippen LogP) is 3.66. The van der Waals surface area contributed by atoms with E-state index in [2.05, 4.69) is 46.3 Å². The molecule has 2 heteroatoms. The van der Waals surface area contributed by atoms with Crippen molar-refractivity contribution in [3.63, 3.8) is 0 Å². The second-order valence-electron chi connectivity index (χ2n) is 4.23. The van der Waals surface area contributed by atoms with Crippen molar-refractivity contribution in [2.45, 2.75) is 24.6 Å². The van der Waals surface area contributed by atoms with Crippen LogP contribution in [0.15, 0.2) is 36.4 Å². The molecule has 16 heavy (non-hydrogen) atoms. The zero-order valence-corrected chi connectivity index (χ0v) is 10.7. The lowest BCUT2D eigenvalue weighted by Gasteiger charge is -2.16. The highest BCUT2D eigenvalue weighted by Crippen LogP contribution is 2.20. The molecule has 1 nitrogen and oxygen atoms in total. The van der Waals surface area contributed by atoms with Gasteiger partial charge in [0.25, 0.3) is 0 Å². The molecule has 1 aliphatic rings. The molecule has 0 fully saturated rings. The quantitative estimate of drug-likeness (QED) is 0.609. The summed E-state index contributed by atoms with van der Waals surface area (Å²) < 4.78 is 0. The van der Waals surface area contributed by atoms with Gasteiger partial charge in [-0.3, -0.25) is 4.79 Å². The fourth-order valence-electron chi connectivity index (χ4n) is 2.00. The Morgan fingerprint density at radius 1 is 1.12 bits per heavy atom. The third-order valence-electron chi connectivity index (χ3n) is 3.02. The lowest BCUT2D eigenvalue weighted by atomic mass is 9.87. The molecule has 1 aromatic carbocycles. The van der Waals surface area contributed by atoms with Crippen molar-refractivity contribution in [3.8, 4) is 0 Å². The average molecular weight is 279 g/mol. The molecule has 1 aromatic rings. The van der Waals surface area contributed by atoms with Gasteiger partial charge in [0.05, 0.1) is 0 Å². The number of ketones is 1. The predicted molar refractivity (Wildman–Crippen MR) is 69.6 cm³/mol. The van der Waals surface area contributed by atoms with E-state index in [0.717, 1.165) is 18.2 Å². The van der Waals surface area contributed by atoms with Crippen LogP contribution >= 0.6 is 15.9 Å². The Morgan fingerprint density at radius 2 is 1.81 bits per heavy atom. The molecule has 1 aliphatic carbocycles. The molecule has 0 aromatic heterocycles. The standard InChI is InChI=1S/C14H15BrO/c15-10-12-7-5-11(6-8-12)9-13-3-1-2-4-14(13)16/h1-2,5-8,13H,3-4,9-10H2. The number of carbonyl (C=O) groups is 1. The van der Waals surface area contributed by atoms with Crippen LogP contribution in [0.25, 0.3) is 0 Å². The van der Waals surface area contributed by atoms with Crippen LogP contribution in [0.2, 0.25) is 0 Å². The average Bonchev–Trinajstić information content (AvgIpc) is 2.33. The monoisotopic (exact) mass is 278 g/mol. The molecule has 0 spiro atoms. The number of halogens is 1. The molecule has 0 radical (unpaired) electrons. The SMILES string of the molecule is O=C1CC=CCC1Cc1ccc(CBr)cc1. The minimum atomic E-state index is 0.194. The van der Waals surface area contributed by atoms with Gasteiger partial charge in [-0.2, -0.15) is 0 Å². The Balaban J connectivity index is 2.03. The number of benzene rings is 1. The second-order valence-corrected chi connectivity index (χ2v) is 4.79. The van der Waals surface area contributed by atoms with Gasteiger partial charge in [-0.25, -0.2) is 0 Å². The van der Waals surface area contributed by atoms with Crippen molar-refractivity contribution in [2.75, 3.05) is 0 Å². The van der Waals surface area contributed by atoms with E-state index in [0.29, 0.717) is 12.2 Å². The maximum Gasteiger partial charge on any atom is 0.140 e. The minimum absolute atomic E-state index is 0.194. The number of Topliss-reactive ketones (excluding diaryl/α,β-unsaturated/α-hetero) is 1. The van der Waals surface area contributed by atoms with Crippen LogP contribution in [0, 0.1) is 5.92 Å². The van der Waals surface area contributed by atoms with Crippen LogP contribution in [0.4, 0.5) is 0 Å². The summed E-state index contributed by atoms with van der Waals surface area (Å²) >= 11 is 3.43. The van der Waals surface area contributed by atoms with Crippen LogP contribution < -0.4 is 0 Å². The highest BCUT2D eigenvalue weighted by atomic mass is 79.9. The van der Waals surface area contributed by atoms with Gasteiger partial charge in [0.2, 0.25) is 0 Å². The summed E-state index contributed by atoms with van der Waals surface area (Å²) in [4.78, 5) is 11.7. The van der Waals surface area contributed by atoms with E-state index in [1.807, 2.05) is 6.08 Å². The summed E-state index contributed by atoms with van der Waals surface area (Å²) in [7, 11) is 0. The topological polar surface area (TPSA) is 17.1 Å².